The number of rotatable bonds is 3. The number of nitrogens with two attached hydrogens (primary N) is 1. The van der Waals surface area contributed by atoms with Crippen LogP contribution >= 0.6 is 11.8 Å². The third-order valence-corrected chi connectivity index (χ3v) is 2.99. The minimum atomic E-state index is -0.0460. The molecule has 3 N–H and O–H groups in total. The smallest absolute Gasteiger partial charge is 0.192 e. The van der Waals surface area contributed by atoms with Crippen LogP contribution in [0, 0.1) is 0 Å². The maximum atomic E-state index is 8.66. The van der Waals surface area contributed by atoms with Crippen molar-refractivity contribution in [1.82, 2.24) is 24.7 Å². The molecule has 2 aromatic heterocycles. The highest BCUT2D eigenvalue weighted by molar-refractivity contribution is 7.99. The maximum absolute atomic E-state index is 8.66. The van der Waals surface area contributed by atoms with Gasteiger partial charge in [-0.25, -0.2) is 19.6 Å². The SMILES string of the molecule is Cn1ncnc1Sc1ncncc1C(N)=NO. The first kappa shape index (κ1) is 11.3. The van der Waals surface area contributed by atoms with Gasteiger partial charge in [0.15, 0.2) is 11.0 Å². The number of oxime groups is 1. The van der Waals surface area contributed by atoms with Gasteiger partial charge in [0, 0.05) is 13.2 Å². The van der Waals surface area contributed by atoms with E-state index in [9.17, 15) is 0 Å². The molecule has 88 valence electrons. The minimum Gasteiger partial charge on any atom is -0.409 e. The van der Waals surface area contributed by atoms with Crippen LogP contribution in [0.4, 0.5) is 0 Å². The van der Waals surface area contributed by atoms with Crippen LogP contribution in [0.3, 0.4) is 0 Å². The van der Waals surface area contributed by atoms with Gasteiger partial charge in [-0.3, -0.25) is 0 Å². The summed E-state index contributed by atoms with van der Waals surface area (Å²) < 4.78 is 1.60. The van der Waals surface area contributed by atoms with Crippen LogP contribution in [-0.4, -0.2) is 35.8 Å². The summed E-state index contributed by atoms with van der Waals surface area (Å²) in [6.45, 7) is 0. The molecule has 0 aliphatic carbocycles. The first-order valence-electron chi connectivity index (χ1n) is 4.52. The summed E-state index contributed by atoms with van der Waals surface area (Å²) in [6.07, 6.45) is 4.29. The Morgan fingerprint density at radius 3 is 2.94 bits per heavy atom. The van der Waals surface area contributed by atoms with Gasteiger partial charge in [0.25, 0.3) is 0 Å². The number of aromatic nitrogens is 5. The fourth-order valence-electron chi connectivity index (χ4n) is 1.09. The van der Waals surface area contributed by atoms with Gasteiger partial charge in [-0.05, 0) is 11.8 Å². The molecule has 2 heterocycles. The van der Waals surface area contributed by atoms with Gasteiger partial charge in [-0.1, -0.05) is 5.16 Å². The Bertz CT molecular complexity index is 552. The molecule has 0 aliphatic rings. The lowest BCUT2D eigenvalue weighted by Gasteiger charge is -2.04. The zero-order valence-corrected chi connectivity index (χ0v) is 9.66. The van der Waals surface area contributed by atoms with Gasteiger partial charge in [0.1, 0.15) is 17.7 Å². The molecule has 0 amide bonds. The predicted molar refractivity (Wildman–Crippen MR) is 59.7 cm³/mol. The van der Waals surface area contributed by atoms with Crippen molar-refractivity contribution in [1.29, 1.82) is 0 Å². The van der Waals surface area contributed by atoms with Crippen LogP contribution in [0.5, 0.6) is 0 Å². The van der Waals surface area contributed by atoms with Crippen molar-refractivity contribution in [3.63, 3.8) is 0 Å². The van der Waals surface area contributed by atoms with Crippen LogP contribution in [0.15, 0.2) is 34.2 Å². The van der Waals surface area contributed by atoms with E-state index in [0.717, 1.165) is 0 Å². The number of aryl methyl sites for hydroxylation is 1. The highest BCUT2D eigenvalue weighted by Crippen LogP contribution is 2.25. The van der Waals surface area contributed by atoms with Gasteiger partial charge in [0.05, 0.1) is 5.56 Å². The van der Waals surface area contributed by atoms with E-state index < -0.39 is 0 Å². The Hall–Kier alpha value is -2.16. The second kappa shape index (κ2) is 4.78. The minimum absolute atomic E-state index is 0.0460. The van der Waals surface area contributed by atoms with E-state index in [1.54, 1.807) is 11.7 Å². The third-order valence-electron chi connectivity index (χ3n) is 1.92. The monoisotopic (exact) mass is 251 g/mol. The highest BCUT2D eigenvalue weighted by atomic mass is 32.2. The molecule has 9 heteroatoms. The van der Waals surface area contributed by atoms with Gasteiger partial charge in [-0.2, -0.15) is 5.10 Å². The second-order valence-electron chi connectivity index (χ2n) is 3.00. The van der Waals surface area contributed by atoms with Crippen molar-refractivity contribution in [2.75, 3.05) is 0 Å². The van der Waals surface area contributed by atoms with Crippen LogP contribution in [0.1, 0.15) is 5.56 Å². The molecule has 0 aliphatic heterocycles. The summed E-state index contributed by atoms with van der Waals surface area (Å²) in [5, 5.41) is 16.7. The molecule has 0 aromatic carbocycles. The van der Waals surface area contributed by atoms with Crippen molar-refractivity contribution < 1.29 is 5.21 Å². The van der Waals surface area contributed by atoms with Crippen LogP contribution < -0.4 is 5.73 Å². The van der Waals surface area contributed by atoms with E-state index in [0.29, 0.717) is 15.7 Å². The summed E-state index contributed by atoms with van der Waals surface area (Å²) in [7, 11) is 1.76. The topological polar surface area (TPSA) is 115 Å². The highest BCUT2D eigenvalue weighted by Gasteiger charge is 2.12. The number of hydrogen-bond acceptors (Lipinski definition) is 7. The van der Waals surface area contributed by atoms with Crippen molar-refractivity contribution in [2.45, 2.75) is 10.2 Å². The molecule has 0 saturated heterocycles. The molecule has 0 unspecified atom stereocenters. The molecule has 0 saturated carbocycles. The van der Waals surface area contributed by atoms with Crippen LogP contribution in [-0.2, 0) is 7.05 Å². The number of amidine groups is 1. The molecule has 0 bridgehead atoms. The average molecular weight is 251 g/mol. The third kappa shape index (κ3) is 2.33. The fraction of sp³-hybridized carbons (Fsp3) is 0.125. The quantitative estimate of drug-likeness (QED) is 0.256. The summed E-state index contributed by atoms with van der Waals surface area (Å²) in [5.74, 6) is -0.0460. The summed E-state index contributed by atoms with van der Waals surface area (Å²) in [5.41, 5.74) is 5.97. The zero-order chi connectivity index (χ0) is 12.3. The molecule has 0 radical (unpaired) electrons. The van der Waals surface area contributed by atoms with Crippen LogP contribution in [0.2, 0.25) is 0 Å². The van der Waals surface area contributed by atoms with E-state index in [-0.39, 0.29) is 5.84 Å². The van der Waals surface area contributed by atoms with Gasteiger partial charge >= 0.3 is 0 Å². The molecule has 0 atom stereocenters. The Kier molecular flexibility index (Phi) is 3.19. The molecular formula is C8H9N7OS. The van der Waals surface area contributed by atoms with E-state index >= 15 is 0 Å². The maximum Gasteiger partial charge on any atom is 0.192 e. The van der Waals surface area contributed by atoms with E-state index in [1.807, 2.05) is 0 Å². The Labute approximate surface area is 101 Å². The van der Waals surface area contributed by atoms with Crippen molar-refractivity contribution >= 4 is 17.6 Å². The van der Waals surface area contributed by atoms with Gasteiger partial charge in [0.2, 0.25) is 0 Å². The normalized spacial score (nSPS) is 11.7. The Morgan fingerprint density at radius 2 is 2.29 bits per heavy atom. The molecule has 17 heavy (non-hydrogen) atoms. The fourth-order valence-corrected chi connectivity index (χ4v) is 1.91. The van der Waals surface area contributed by atoms with Crippen molar-refractivity contribution in [3.8, 4) is 0 Å². The number of nitrogens with zero attached hydrogens (tertiary/aromatic N) is 6. The predicted octanol–water partition coefficient (Wildman–Crippen LogP) is -0.149. The van der Waals surface area contributed by atoms with Crippen LogP contribution in [0.25, 0.3) is 0 Å². The summed E-state index contributed by atoms with van der Waals surface area (Å²) in [6, 6.07) is 0. The Morgan fingerprint density at radius 1 is 1.47 bits per heavy atom. The molecule has 0 fully saturated rings. The lowest BCUT2D eigenvalue weighted by atomic mass is 10.3. The summed E-state index contributed by atoms with van der Waals surface area (Å²) >= 11 is 1.26. The second-order valence-corrected chi connectivity index (χ2v) is 3.95. The van der Waals surface area contributed by atoms with E-state index in [4.69, 9.17) is 10.9 Å². The van der Waals surface area contributed by atoms with E-state index in [1.165, 1.54) is 30.6 Å². The zero-order valence-electron chi connectivity index (χ0n) is 8.85. The lowest BCUT2D eigenvalue weighted by molar-refractivity contribution is 0.318. The largest absolute Gasteiger partial charge is 0.409 e. The summed E-state index contributed by atoms with van der Waals surface area (Å²) in [4.78, 5) is 11.9. The molecule has 8 nitrogen and oxygen atoms in total. The molecule has 0 spiro atoms. The Balaban J connectivity index is 2.36. The van der Waals surface area contributed by atoms with E-state index in [2.05, 4.69) is 25.2 Å². The molecule has 2 rings (SSSR count). The lowest BCUT2D eigenvalue weighted by Crippen LogP contribution is -2.15. The van der Waals surface area contributed by atoms with Gasteiger partial charge in [-0.15, -0.1) is 0 Å². The molecule has 2 aromatic rings. The average Bonchev–Trinajstić information content (AvgIpc) is 2.75. The standard InChI is InChI=1S/C8H9N7OS/c1-15-8(12-4-13-15)17-7-5(6(9)14-16)2-10-3-11-7/h2-4,16H,1H3,(H2,9,14). The first-order chi connectivity index (χ1) is 8.22. The van der Waals surface area contributed by atoms with Crippen molar-refractivity contribution in [3.05, 3.63) is 24.4 Å². The molecular weight excluding hydrogens is 242 g/mol. The number of hydrogen-bond donors (Lipinski definition) is 2. The first-order valence-corrected chi connectivity index (χ1v) is 5.33. The van der Waals surface area contributed by atoms with Gasteiger partial charge < -0.3 is 10.9 Å². The van der Waals surface area contributed by atoms with Crippen molar-refractivity contribution in [2.24, 2.45) is 17.9 Å².